The first-order chi connectivity index (χ1) is 3.93. The molecule has 0 amide bonds. The highest BCUT2D eigenvalue weighted by atomic mass is 32.1. The van der Waals surface area contributed by atoms with Crippen LogP contribution in [0.25, 0.3) is 0 Å². The van der Waals surface area contributed by atoms with Crippen LogP contribution in [0.3, 0.4) is 0 Å². The highest BCUT2D eigenvalue weighted by Crippen LogP contribution is 1.95. The zero-order chi connectivity index (χ0) is 5.82. The predicted octanol–water partition coefficient (Wildman–Crippen LogP) is 0.474. The van der Waals surface area contributed by atoms with Crippen molar-refractivity contribution in [1.29, 1.82) is 0 Å². The van der Waals surface area contributed by atoms with Gasteiger partial charge in [0.1, 0.15) is 0 Å². The summed E-state index contributed by atoms with van der Waals surface area (Å²) in [5.74, 6) is 0.753. The third-order valence-corrected chi connectivity index (χ3v) is 1.65. The smallest absolute Gasteiger partial charge is 0.0594 e. The van der Waals surface area contributed by atoms with Crippen LogP contribution >= 0.6 is 12.6 Å². The fourth-order valence-electron chi connectivity index (χ4n) is 0.730. The van der Waals surface area contributed by atoms with Gasteiger partial charge in [-0.2, -0.15) is 0 Å². The van der Waals surface area contributed by atoms with E-state index >= 15 is 0 Å². The molecule has 1 aliphatic heterocycles. The Hall–Kier alpha value is 0.270. The first kappa shape index (κ1) is 6.39. The molecule has 8 heavy (non-hydrogen) atoms. The number of morpholine rings is 1. The topological polar surface area (TPSA) is 12.5 Å². The average molecular weight is 132 g/mol. The molecule has 0 saturated carbocycles. The second-order valence-corrected chi connectivity index (χ2v) is 2.12. The lowest BCUT2D eigenvalue weighted by Crippen LogP contribution is -2.35. The quantitative estimate of drug-likeness (QED) is 0.514. The molecule has 0 atom stereocenters. The SMILES string of the molecule is [S]CN1CCOCC1. The van der Waals surface area contributed by atoms with Gasteiger partial charge in [0.05, 0.1) is 19.1 Å². The van der Waals surface area contributed by atoms with E-state index in [9.17, 15) is 0 Å². The van der Waals surface area contributed by atoms with E-state index in [1.807, 2.05) is 0 Å². The Morgan fingerprint density at radius 3 is 2.38 bits per heavy atom. The van der Waals surface area contributed by atoms with Gasteiger partial charge in [-0.1, -0.05) is 12.6 Å². The van der Waals surface area contributed by atoms with Crippen molar-refractivity contribution >= 4 is 12.6 Å². The largest absolute Gasteiger partial charge is 0.379 e. The molecule has 1 saturated heterocycles. The molecular formula is C5H10NOS. The minimum atomic E-state index is 0.753. The van der Waals surface area contributed by atoms with Gasteiger partial charge >= 0.3 is 0 Å². The Bertz CT molecular complexity index is 63.4. The van der Waals surface area contributed by atoms with Crippen LogP contribution in [0.5, 0.6) is 0 Å². The summed E-state index contributed by atoms with van der Waals surface area (Å²) < 4.78 is 5.11. The Kier molecular flexibility index (Phi) is 2.66. The van der Waals surface area contributed by atoms with Gasteiger partial charge < -0.3 is 4.74 Å². The summed E-state index contributed by atoms with van der Waals surface area (Å²) in [6, 6.07) is 0. The van der Waals surface area contributed by atoms with Crippen LogP contribution in [-0.4, -0.2) is 37.1 Å². The number of ether oxygens (including phenoxy) is 1. The molecule has 0 N–H and O–H groups in total. The first-order valence-electron chi connectivity index (χ1n) is 2.81. The summed E-state index contributed by atoms with van der Waals surface area (Å²) in [6.45, 7) is 3.75. The summed E-state index contributed by atoms with van der Waals surface area (Å²) in [7, 11) is 0. The molecule has 0 bridgehead atoms. The summed E-state index contributed by atoms with van der Waals surface area (Å²) in [5, 5.41) is 0. The van der Waals surface area contributed by atoms with E-state index in [-0.39, 0.29) is 0 Å². The molecule has 0 aliphatic carbocycles. The van der Waals surface area contributed by atoms with Crippen LogP contribution < -0.4 is 0 Å². The second kappa shape index (κ2) is 3.33. The van der Waals surface area contributed by atoms with Crippen LogP contribution in [0.4, 0.5) is 0 Å². The first-order valence-corrected chi connectivity index (χ1v) is 3.39. The maximum atomic E-state index is 5.11. The Labute approximate surface area is 55.2 Å². The minimum absolute atomic E-state index is 0.753. The number of rotatable bonds is 1. The molecule has 1 fully saturated rings. The van der Waals surface area contributed by atoms with E-state index in [2.05, 4.69) is 4.90 Å². The van der Waals surface area contributed by atoms with E-state index in [1.54, 1.807) is 0 Å². The third-order valence-electron chi connectivity index (χ3n) is 1.29. The molecule has 0 aromatic carbocycles. The Morgan fingerprint density at radius 1 is 1.38 bits per heavy atom. The van der Waals surface area contributed by atoms with E-state index in [4.69, 9.17) is 17.4 Å². The lowest BCUT2D eigenvalue weighted by Gasteiger charge is -2.23. The summed E-state index contributed by atoms with van der Waals surface area (Å²) >= 11 is 4.84. The van der Waals surface area contributed by atoms with Crippen molar-refractivity contribution in [2.24, 2.45) is 0 Å². The molecule has 3 heteroatoms. The van der Waals surface area contributed by atoms with Gasteiger partial charge in [0, 0.05) is 13.1 Å². The van der Waals surface area contributed by atoms with Crippen molar-refractivity contribution in [2.45, 2.75) is 0 Å². The fraction of sp³-hybridized carbons (Fsp3) is 1.00. The van der Waals surface area contributed by atoms with Gasteiger partial charge in [-0.25, -0.2) is 0 Å². The number of nitrogens with zero attached hydrogens (tertiary/aromatic N) is 1. The van der Waals surface area contributed by atoms with E-state index < -0.39 is 0 Å². The highest BCUT2D eigenvalue weighted by Gasteiger charge is 2.06. The molecule has 1 aliphatic rings. The number of hydrogen-bond donors (Lipinski definition) is 0. The highest BCUT2D eigenvalue weighted by molar-refractivity contribution is 7.80. The number of hydrogen-bond acceptors (Lipinski definition) is 2. The van der Waals surface area contributed by atoms with Crippen molar-refractivity contribution in [3.05, 3.63) is 0 Å². The molecule has 0 unspecified atom stereocenters. The normalized spacial score (nSPS) is 23.6. The summed E-state index contributed by atoms with van der Waals surface area (Å²) in [5.41, 5.74) is 0. The molecule has 1 heterocycles. The zero-order valence-corrected chi connectivity index (χ0v) is 5.62. The monoisotopic (exact) mass is 132 g/mol. The van der Waals surface area contributed by atoms with Gasteiger partial charge in [-0.05, 0) is 0 Å². The Morgan fingerprint density at radius 2 is 2.00 bits per heavy atom. The van der Waals surface area contributed by atoms with Crippen LogP contribution in [0, 0.1) is 0 Å². The standard InChI is InChI=1S/C5H10NOS/c8-5-6-1-3-7-4-2-6/h1-5H2. The zero-order valence-electron chi connectivity index (χ0n) is 4.80. The minimum Gasteiger partial charge on any atom is -0.379 e. The second-order valence-electron chi connectivity index (χ2n) is 1.86. The predicted molar refractivity (Wildman–Crippen MR) is 34.8 cm³/mol. The van der Waals surface area contributed by atoms with Crippen molar-refractivity contribution in [2.75, 3.05) is 32.2 Å². The molecule has 0 aromatic heterocycles. The summed E-state index contributed by atoms with van der Waals surface area (Å²) in [4.78, 5) is 2.21. The van der Waals surface area contributed by atoms with Crippen LogP contribution in [0.1, 0.15) is 0 Å². The van der Waals surface area contributed by atoms with Crippen molar-refractivity contribution in [3.8, 4) is 0 Å². The van der Waals surface area contributed by atoms with Gasteiger partial charge in [0.15, 0.2) is 0 Å². The van der Waals surface area contributed by atoms with E-state index in [1.165, 1.54) is 0 Å². The molecule has 2 nitrogen and oxygen atoms in total. The van der Waals surface area contributed by atoms with Crippen molar-refractivity contribution in [1.82, 2.24) is 4.90 Å². The summed E-state index contributed by atoms with van der Waals surface area (Å²) in [6.07, 6.45) is 0. The molecule has 1 radical (unpaired) electrons. The molecule has 47 valence electrons. The Balaban J connectivity index is 2.13. The van der Waals surface area contributed by atoms with Crippen molar-refractivity contribution < 1.29 is 4.74 Å². The lowest BCUT2D eigenvalue weighted by molar-refractivity contribution is 0.0475. The molecule has 1 rings (SSSR count). The van der Waals surface area contributed by atoms with Crippen molar-refractivity contribution in [3.63, 3.8) is 0 Å². The van der Waals surface area contributed by atoms with Gasteiger partial charge in [0.25, 0.3) is 0 Å². The molecular weight excluding hydrogens is 122 g/mol. The maximum Gasteiger partial charge on any atom is 0.0594 e. The fourth-order valence-corrected chi connectivity index (χ4v) is 0.988. The third kappa shape index (κ3) is 1.65. The maximum absolute atomic E-state index is 5.11. The van der Waals surface area contributed by atoms with Gasteiger partial charge in [0.2, 0.25) is 0 Å². The van der Waals surface area contributed by atoms with E-state index in [0.29, 0.717) is 0 Å². The van der Waals surface area contributed by atoms with Crippen LogP contribution in [0.15, 0.2) is 0 Å². The molecule has 0 aromatic rings. The lowest BCUT2D eigenvalue weighted by atomic mass is 10.5. The van der Waals surface area contributed by atoms with Gasteiger partial charge in [-0.15, -0.1) is 0 Å². The van der Waals surface area contributed by atoms with E-state index in [0.717, 1.165) is 32.2 Å². The average Bonchev–Trinajstić information content (AvgIpc) is 1.90. The van der Waals surface area contributed by atoms with Gasteiger partial charge in [-0.3, -0.25) is 4.90 Å². The molecule has 0 spiro atoms. The van der Waals surface area contributed by atoms with Crippen LogP contribution in [0.2, 0.25) is 0 Å². The van der Waals surface area contributed by atoms with Crippen LogP contribution in [-0.2, 0) is 4.74 Å².